The molecular formula is C20H18F2N4O2S. The molecular weight excluding hydrogens is 398 g/mol. The molecule has 0 spiro atoms. The number of hydrogen-bond acceptors (Lipinski definition) is 5. The number of halogens is 2. The van der Waals surface area contributed by atoms with Gasteiger partial charge in [0.15, 0.2) is 0 Å². The second kappa shape index (κ2) is 6.17. The highest BCUT2D eigenvalue weighted by Crippen LogP contribution is 2.70. The number of aliphatic hydroxyl groups excluding tert-OH is 1. The molecule has 0 saturated heterocycles. The lowest BCUT2D eigenvalue weighted by Crippen LogP contribution is -2.33. The van der Waals surface area contributed by atoms with Crippen LogP contribution >= 0.6 is 11.3 Å². The van der Waals surface area contributed by atoms with Crippen molar-refractivity contribution in [2.45, 2.75) is 30.6 Å². The summed E-state index contributed by atoms with van der Waals surface area (Å²) in [5.74, 6) is -5.77. The van der Waals surface area contributed by atoms with Gasteiger partial charge in [0.2, 0.25) is 11.0 Å². The molecule has 1 saturated carbocycles. The van der Waals surface area contributed by atoms with E-state index in [4.69, 9.17) is 5.73 Å². The number of benzene rings is 1. The molecule has 0 aliphatic heterocycles. The normalized spacial score (nSPS) is 27.0. The largest absolute Gasteiger partial charge is 0.395 e. The molecule has 2 aliphatic rings. The lowest BCUT2D eigenvalue weighted by atomic mass is 9.92. The van der Waals surface area contributed by atoms with Gasteiger partial charge in [-0.05, 0) is 24.0 Å². The molecule has 3 atom stereocenters. The van der Waals surface area contributed by atoms with Gasteiger partial charge in [0.05, 0.1) is 24.4 Å². The molecule has 3 unspecified atom stereocenters. The average molecular weight is 416 g/mol. The third kappa shape index (κ3) is 2.37. The summed E-state index contributed by atoms with van der Waals surface area (Å²) in [4.78, 5) is 15.9. The SMILES string of the molecule is NC(=O)C1(CO)C(c2ccc(C3CCc4c3cnn4-c3nccs3)cc2)C1(F)F. The molecule has 29 heavy (non-hydrogen) atoms. The number of amides is 1. The first-order valence-corrected chi connectivity index (χ1v) is 10.1. The van der Waals surface area contributed by atoms with E-state index in [0.29, 0.717) is 5.56 Å². The van der Waals surface area contributed by atoms with Gasteiger partial charge in [-0.2, -0.15) is 5.10 Å². The summed E-state index contributed by atoms with van der Waals surface area (Å²) in [6.07, 6.45) is 5.35. The Bertz CT molecular complexity index is 1080. The van der Waals surface area contributed by atoms with Crippen molar-refractivity contribution >= 4 is 17.2 Å². The molecule has 5 rings (SSSR count). The van der Waals surface area contributed by atoms with Crippen molar-refractivity contribution in [1.82, 2.24) is 14.8 Å². The van der Waals surface area contributed by atoms with Crippen LogP contribution in [0.25, 0.3) is 5.13 Å². The number of thiazole rings is 1. The Kier molecular flexibility index (Phi) is 3.91. The van der Waals surface area contributed by atoms with Gasteiger partial charge in [0, 0.05) is 23.1 Å². The van der Waals surface area contributed by atoms with E-state index in [1.54, 1.807) is 18.3 Å². The second-order valence-electron chi connectivity index (χ2n) is 7.58. The highest BCUT2D eigenvalue weighted by molar-refractivity contribution is 7.12. The predicted molar refractivity (Wildman–Crippen MR) is 102 cm³/mol. The van der Waals surface area contributed by atoms with E-state index < -0.39 is 29.8 Å². The van der Waals surface area contributed by atoms with Gasteiger partial charge in [-0.1, -0.05) is 24.3 Å². The van der Waals surface area contributed by atoms with Crippen LogP contribution in [0.1, 0.15) is 40.6 Å². The molecule has 2 aliphatic carbocycles. The molecule has 1 amide bonds. The zero-order chi connectivity index (χ0) is 20.4. The summed E-state index contributed by atoms with van der Waals surface area (Å²) in [5, 5.41) is 16.6. The fraction of sp³-hybridized carbons (Fsp3) is 0.350. The number of fused-ring (bicyclic) bond motifs is 1. The second-order valence-corrected chi connectivity index (χ2v) is 8.45. The van der Waals surface area contributed by atoms with E-state index in [2.05, 4.69) is 10.1 Å². The topological polar surface area (TPSA) is 94.0 Å². The summed E-state index contributed by atoms with van der Waals surface area (Å²) in [6, 6.07) is 6.84. The van der Waals surface area contributed by atoms with Crippen LogP contribution in [0.3, 0.4) is 0 Å². The lowest BCUT2D eigenvalue weighted by Gasteiger charge is -2.12. The van der Waals surface area contributed by atoms with E-state index in [9.17, 15) is 18.7 Å². The Balaban J connectivity index is 1.43. The highest BCUT2D eigenvalue weighted by atomic mass is 32.1. The van der Waals surface area contributed by atoms with Crippen molar-refractivity contribution in [2.75, 3.05) is 6.61 Å². The number of rotatable bonds is 5. The maximum absolute atomic E-state index is 14.3. The molecule has 1 aromatic carbocycles. The van der Waals surface area contributed by atoms with Crippen molar-refractivity contribution in [3.63, 3.8) is 0 Å². The molecule has 1 fully saturated rings. The van der Waals surface area contributed by atoms with Crippen LogP contribution in [0.2, 0.25) is 0 Å². The van der Waals surface area contributed by atoms with E-state index >= 15 is 0 Å². The van der Waals surface area contributed by atoms with Crippen LogP contribution in [-0.2, 0) is 11.2 Å². The fourth-order valence-electron chi connectivity index (χ4n) is 4.65. The van der Waals surface area contributed by atoms with Crippen molar-refractivity contribution in [1.29, 1.82) is 0 Å². The van der Waals surface area contributed by atoms with Gasteiger partial charge in [0.25, 0.3) is 5.92 Å². The van der Waals surface area contributed by atoms with Crippen LogP contribution in [-0.4, -0.2) is 38.3 Å². The number of hydrogen-bond donors (Lipinski definition) is 2. The first-order valence-electron chi connectivity index (χ1n) is 9.27. The van der Waals surface area contributed by atoms with Crippen LogP contribution in [0.5, 0.6) is 0 Å². The minimum atomic E-state index is -3.34. The van der Waals surface area contributed by atoms with Gasteiger partial charge < -0.3 is 10.8 Å². The maximum atomic E-state index is 14.3. The molecule has 6 nitrogen and oxygen atoms in total. The first-order chi connectivity index (χ1) is 13.9. The lowest BCUT2D eigenvalue weighted by molar-refractivity contribution is -0.128. The van der Waals surface area contributed by atoms with Gasteiger partial charge in [0.1, 0.15) is 5.41 Å². The summed E-state index contributed by atoms with van der Waals surface area (Å²) < 4.78 is 30.5. The third-order valence-corrected chi connectivity index (χ3v) is 7.02. The van der Waals surface area contributed by atoms with E-state index in [1.807, 2.05) is 28.4 Å². The first kappa shape index (κ1) is 18.4. The van der Waals surface area contributed by atoms with E-state index in [-0.39, 0.29) is 5.92 Å². The Labute approximate surface area is 169 Å². The average Bonchev–Trinajstić information content (AvgIpc) is 3.26. The highest BCUT2D eigenvalue weighted by Gasteiger charge is 2.84. The third-order valence-electron chi connectivity index (χ3n) is 6.27. The molecule has 3 N–H and O–H groups in total. The molecule has 2 heterocycles. The number of aliphatic hydroxyl groups is 1. The Morgan fingerprint density at radius 2 is 2.03 bits per heavy atom. The minimum Gasteiger partial charge on any atom is -0.395 e. The van der Waals surface area contributed by atoms with Crippen molar-refractivity contribution in [2.24, 2.45) is 11.1 Å². The fourth-order valence-corrected chi connectivity index (χ4v) is 5.27. The molecule has 9 heteroatoms. The summed E-state index contributed by atoms with van der Waals surface area (Å²) in [5.41, 5.74) is 6.53. The number of carbonyl (C=O) groups is 1. The van der Waals surface area contributed by atoms with Crippen molar-refractivity contribution in [3.05, 3.63) is 64.4 Å². The zero-order valence-corrected chi connectivity index (χ0v) is 16.1. The van der Waals surface area contributed by atoms with Crippen molar-refractivity contribution in [3.8, 4) is 5.13 Å². The molecule has 0 bridgehead atoms. The molecule has 2 aromatic heterocycles. The Morgan fingerprint density at radius 1 is 1.31 bits per heavy atom. The number of primary amides is 1. The summed E-state index contributed by atoms with van der Waals surface area (Å²) in [7, 11) is 0. The van der Waals surface area contributed by atoms with Gasteiger partial charge in [-0.15, -0.1) is 11.3 Å². The number of nitrogens with two attached hydrogens (primary N) is 1. The quantitative estimate of drug-likeness (QED) is 0.669. The van der Waals surface area contributed by atoms with Gasteiger partial charge in [-0.25, -0.2) is 18.4 Å². The maximum Gasteiger partial charge on any atom is 0.273 e. The van der Waals surface area contributed by atoms with Crippen LogP contribution in [0, 0.1) is 5.41 Å². The summed E-state index contributed by atoms with van der Waals surface area (Å²) >= 11 is 1.52. The van der Waals surface area contributed by atoms with Crippen LogP contribution < -0.4 is 5.73 Å². The number of carbonyl (C=O) groups excluding carboxylic acids is 1. The predicted octanol–water partition coefficient (Wildman–Crippen LogP) is 2.60. The van der Waals surface area contributed by atoms with E-state index in [1.165, 1.54) is 11.3 Å². The smallest absolute Gasteiger partial charge is 0.273 e. The minimum absolute atomic E-state index is 0.131. The molecule has 0 radical (unpaired) electrons. The van der Waals surface area contributed by atoms with Gasteiger partial charge in [-0.3, -0.25) is 4.79 Å². The van der Waals surface area contributed by atoms with Crippen LogP contribution in [0.4, 0.5) is 8.78 Å². The number of aromatic nitrogens is 3. The Hall–Kier alpha value is -2.65. The van der Waals surface area contributed by atoms with Crippen molar-refractivity contribution < 1.29 is 18.7 Å². The summed E-state index contributed by atoms with van der Waals surface area (Å²) in [6.45, 7) is -0.969. The number of nitrogens with zero attached hydrogens (tertiary/aromatic N) is 3. The van der Waals surface area contributed by atoms with E-state index in [0.717, 1.165) is 34.8 Å². The molecule has 150 valence electrons. The number of alkyl halides is 2. The standard InChI is InChI=1S/C20H18F2N4O2S/c21-20(22)16(19(20,10-27)17(23)28)12-3-1-11(2-4-12)13-5-6-15-14(13)9-25-26(15)18-24-7-8-29-18/h1-4,7-9,13,16,27H,5-6,10H2,(H2,23,28). The Morgan fingerprint density at radius 3 is 2.62 bits per heavy atom. The van der Waals surface area contributed by atoms with Crippen LogP contribution in [0.15, 0.2) is 42.0 Å². The molecule has 3 aromatic rings. The monoisotopic (exact) mass is 416 g/mol. The zero-order valence-electron chi connectivity index (χ0n) is 15.3. The van der Waals surface area contributed by atoms with Gasteiger partial charge >= 0.3 is 0 Å².